The minimum atomic E-state index is -0.605. The lowest BCUT2D eigenvalue weighted by Gasteiger charge is -2.32. The van der Waals surface area contributed by atoms with Crippen molar-refractivity contribution >= 4 is 24.3 Å². The molecule has 5 nitrogen and oxygen atoms in total. The van der Waals surface area contributed by atoms with Gasteiger partial charge in [0.25, 0.3) is 0 Å². The summed E-state index contributed by atoms with van der Waals surface area (Å²) in [6.45, 7) is 9.34. The Hall–Kier alpha value is -1.40. The summed E-state index contributed by atoms with van der Waals surface area (Å²) in [7, 11) is -0.605. The van der Waals surface area contributed by atoms with Crippen molar-refractivity contribution in [3.8, 4) is 0 Å². The number of anilines is 1. The molecular formula is C13H19BN2O3. The first-order chi connectivity index (χ1) is 8.62. The van der Waals surface area contributed by atoms with E-state index in [0.717, 1.165) is 0 Å². The van der Waals surface area contributed by atoms with Gasteiger partial charge in [-0.1, -0.05) is 0 Å². The first kappa shape index (κ1) is 14.0. The highest BCUT2D eigenvalue weighted by atomic mass is 16.7. The van der Waals surface area contributed by atoms with Crippen LogP contribution in [0, 0.1) is 0 Å². The summed E-state index contributed by atoms with van der Waals surface area (Å²) < 4.78 is 11.8. The van der Waals surface area contributed by atoms with E-state index in [-0.39, 0.29) is 11.6 Å². The van der Waals surface area contributed by atoms with Crippen LogP contribution in [0.1, 0.15) is 45.0 Å². The average molecular weight is 262 g/mol. The van der Waals surface area contributed by atoms with Gasteiger partial charge in [-0.05, 0) is 46.8 Å². The summed E-state index contributed by atoms with van der Waals surface area (Å²) in [6.07, 6.45) is 0. The molecule has 2 rings (SSSR count). The lowest BCUT2D eigenvalue weighted by Crippen LogP contribution is -2.41. The molecule has 6 heteroatoms. The van der Waals surface area contributed by atoms with Crippen LogP contribution in [-0.2, 0) is 9.31 Å². The van der Waals surface area contributed by atoms with Gasteiger partial charge in [-0.2, -0.15) is 0 Å². The molecule has 19 heavy (non-hydrogen) atoms. The van der Waals surface area contributed by atoms with Crippen LogP contribution in [0.2, 0.25) is 0 Å². The molecule has 1 aliphatic rings. The van der Waals surface area contributed by atoms with E-state index in [9.17, 15) is 4.79 Å². The molecular weight excluding hydrogens is 243 g/mol. The zero-order valence-electron chi connectivity index (χ0n) is 12.0. The largest absolute Gasteiger partial charge is 0.514 e. The normalized spacial score (nSPS) is 20.6. The van der Waals surface area contributed by atoms with Gasteiger partial charge in [0.2, 0.25) is 0 Å². The monoisotopic (exact) mass is 262 g/mol. The summed E-state index contributed by atoms with van der Waals surface area (Å²) in [4.78, 5) is 15.7. The van der Waals surface area contributed by atoms with Crippen LogP contribution >= 0.6 is 0 Å². The molecule has 1 aromatic heterocycles. The third-order valence-electron chi connectivity index (χ3n) is 3.77. The summed E-state index contributed by atoms with van der Waals surface area (Å²) in [5.74, 6) is 0.226. The molecule has 2 N–H and O–H groups in total. The number of ketones is 1. The number of carbonyl (C=O) groups is 1. The highest BCUT2D eigenvalue weighted by Crippen LogP contribution is 2.36. The molecule has 0 unspecified atom stereocenters. The van der Waals surface area contributed by atoms with Gasteiger partial charge in [-0.3, -0.25) is 4.79 Å². The number of nitrogens with two attached hydrogens (primary N) is 1. The molecule has 102 valence electrons. The maximum absolute atomic E-state index is 11.5. The van der Waals surface area contributed by atoms with Gasteiger partial charge < -0.3 is 15.0 Å². The second kappa shape index (κ2) is 4.32. The van der Waals surface area contributed by atoms with Crippen molar-refractivity contribution in [2.75, 3.05) is 5.73 Å². The van der Waals surface area contributed by atoms with Crippen LogP contribution in [0.5, 0.6) is 0 Å². The SMILES string of the molecule is CC(=O)c1cc(N)nc(B2OC(C)(C)C(C)(C)O2)c1. The maximum Gasteiger partial charge on any atom is 0.514 e. The smallest absolute Gasteiger partial charge is 0.398 e. The first-order valence-corrected chi connectivity index (χ1v) is 6.26. The van der Waals surface area contributed by atoms with Crippen molar-refractivity contribution in [1.29, 1.82) is 0 Å². The summed E-state index contributed by atoms with van der Waals surface area (Å²) in [6, 6.07) is 3.22. The van der Waals surface area contributed by atoms with Crippen molar-refractivity contribution < 1.29 is 14.1 Å². The zero-order valence-corrected chi connectivity index (χ0v) is 12.0. The lowest BCUT2D eigenvalue weighted by atomic mass is 9.83. The third kappa shape index (κ3) is 2.50. The summed E-state index contributed by atoms with van der Waals surface area (Å²) >= 11 is 0. The zero-order chi connectivity index (χ0) is 14.4. The Morgan fingerprint density at radius 2 is 1.74 bits per heavy atom. The van der Waals surface area contributed by atoms with Crippen LogP contribution in [-0.4, -0.2) is 29.1 Å². The van der Waals surface area contributed by atoms with E-state index in [1.165, 1.54) is 6.92 Å². The fraction of sp³-hybridized carbons (Fsp3) is 0.538. The van der Waals surface area contributed by atoms with E-state index in [4.69, 9.17) is 15.0 Å². The van der Waals surface area contributed by atoms with E-state index in [2.05, 4.69) is 4.98 Å². The predicted molar refractivity (Wildman–Crippen MR) is 74.4 cm³/mol. The van der Waals surface area contributed by atoms with Crippen molar-refractivity contribution in [2.45, 2.75) is 45.8 Å². The number of hydrogen-bond donors (Lipinski definition) is 1. The molecule has 0 amide bonds. The van der Waals surface area contributed by atoms with Gasteiger partial charge in [0.1, 0.15) is 5.82 Å². The van der Waals surface area contributed by atoms with Gasteiger partial charge in [0.05, 0.1) is 16.8 Å². The fourth-order valence-electron chi connectivity index (χ4n) is 1.86. The lowest BCUT2D eigenvalue weighted by molar-refractivity contribution is 0.00578. The number of nitrogen functional groups attached to an aromatic ring is 1. The average Bonchev–Trinajstić information content (AvgIpc) is 2.47. The molecule has 0 atom stereocenters. The van der Waals surface area contributed by atoms with Gasteiger partial charge in [0.15, 0.2) is 5.78 Å². The molecule has 0 bridgehead atoms. The Morgan fingerprint density at radius 1 is 1.21 bits per heavy atom. The number of aromatic nitrogens is 1. The molecule has 2 heterocycles. The van der Waals surface area contributed by atoms with Crippen LogP contribution in [0.25, 0.3) is 0 Å². The minimum absolute atomic E-state index is 0.0631. The summed E-state index contributed by atoms with van der Waals surface area (Å²) in [5.41, 5.74) is 5.88. The van der Waals surface area contributed by atoms with Gasteiger partial charge in [0, 0.05) is 5.56 Å². The molecule has 0 aliphatic carbocycles. The molecule has 0 saturated carbocycles. The predicted octanol–water partition coefficient (Wildman–Crippen LogP) is 1.17. The number of pyridine rings is 1. The van der Waals surface area contributed by atoms with Crippen molar-refractivity contribution in [3.63, 3.8) is 0 Å². The fourth-order valence-corrected chi connectivity index (χ4v) is 1.86. The van der Waals surface area contributed by atoms with E-state index in [0.29, 0.717) is 11.2 Å². The Bertz CT molecular complexity index is 513. The molecule has 0 spiro atoms. The van der Waals surface area contributed by atoms with Crippen molar-refractivity contribution in [2.24, 2.45) is 0 Å². The minimum Gasteiger partial charge on any atom is -0.398 e. The Labute approximate surface area is 113 Å². The van der Waals surface area contributed by atoms with Crippen LogP contribution < -0.4 is 11.3 Å². The summed E-state index contributed by atoms with van der Waals surface area (Å²) in [5, 5.41) is 0. The number of hydrogen-bond acceptors (Lipinski definition) is 5. The van der Waals surface area contributed by atoms with Gasteiger partial charge in [-0.25, -0.2) is 4.98 Å². The van der Waals surface area contributed by atoms with E-state index < -0.39 is 18.3 Å². The molecule has 0 radical (unpaired) electrons. The highest BCUT2D eigenvalue weighted by molar-refractivity contribution is 6.61. The van der Waals surface area contributed by atoms with Crippen LogP contribution in [0.15, 0.2) is 12.1 Å². The standard InChI is InChI=1S/C13H19BN2O3/c1-8(17)9-6-10(16-11(15)7-9)14-18-12(2,3)13(4,5)19-14/h6-7H,1-5H3,(H2,15,16). The Balaban J connectivity index is 2.37. The molecule has 1 fully saturated rings. The van der Waals surface area contributed by atoms with Crippen molar-refractivity contribution in [1.82, 2.24) is 4.98 Å². The second-order valence-electron chi connectivity index (χ2n) is 5.85. The molecule has 1 aliphatic heterocycles. The highest BCUT2D eigenvalue weighted by Gasteiger charge is 2.52. The van der Waals surface area contributed by atoms with Crippen LogP contribution in [0.3, 0.4) is 0 Å². The number of rotatable bonds is 2. The van der Waals surface area contributed by atoms with Gasteiger partial charge >= 0.3 is 7.12 Å². The van der Waals surface area contributed by atoms with E-state index >= 15 is 0 Å². The third-order valence-corrected chi connectivity index (χ3v) is 3.77. The Morgan fingerprint density at radius 3 is 2.21 bits per heavy atom. The van der Waals surface area contributed by atoms with Crippen molar-refractivity contribution in [3.05, 3.63) is 17.7 Å². The second-order valence-corrected chi connectivity index (χ2v) is 5.85. The number of carbonyl (C=O) groups excluding carboxylic acids is 1. The quantitative estimate of drug-likeness (QED) is 0.639. The Kier molecular flexibility index (Phi) is 3.19. The van der Waals surface area contributed by atoms with Crippen LogP contribution in [0.4, 0.5) is 5.82 Å². The van der Waals surface area contributed by atoms with E-state index in [1.807, 2.05) is 27.7 Å². The topological polar surface area (TPSA) is 74.4 Å². The molecule has 1 aromatic rings. The number of nitrogens with zero attached hydrogens (tertiary/aromatic N) is 1. The number of Topliss-reactive ketones (excluding diaryl/α,β-unsaturated/α-hetero) is 1. The first-order valence-electron chi connectivity index (χ1n) is 6.26. The van der Waals surface area contributed by atoms with Gasteiger partial charge in [-0.15, -0.1) is 0 Å². The molecule has 0 aromatic carbocycles. The van der Waals surface area contributed by atoms with E-state index in [1.54, 1.807) is 12.1 Å². The maximum atomic E-state index is 11.5. The molecule has 1 saturated heterocycles.